The number of methoxy groups -OCH3 is 1. The number of aliphatic hydroxyl groups is 1. The molecule has 270 valence electrons. The highest BCUT2D eigenvalue weighted by Gasteiger charge is 2.61. The Balaban J connectivity index is 1.32. The van der Waals surface area contributed by atoms with E-state index in [0.717, 1.165) is 48.5 Å². The van der Waals surface area contributed by atoms with E-state index in [-0.39, 0.29) is 29.9 Å². The predicted octanol–water partition coefficient (Wildman–Crippen LogP) is 6.41. The molecule has 0 radical (unpaired) electrons. The largest absolute Gasteiger partial charge is 0.493 e. The van der Waals surface area contributed by atoms with Crippen LogP contribution >= 0.6 is 0 Å². The molecule has 1 saturated heterocycles. The quantitative estimate of drug-likeness (QED) is 0.0900. The highest BCUT2D eigenvalue weighted by Crippen LogP contribution is 2.59. The van der Waals surface area contributed by atoms with Crippen LogP contribution in [-0.4, -0.2) is 84.7 Å². The van der Waals surface area contributed by atoms with E-state index in [9.17, 15) is 14.7 Å². The van der Waals surface area contributed by atoms with Crippen molar-refractivity contribution in [3.63, 3.8) is 0 Å². The number of ether oxygens (including phenoxy) is 4. The Hall–Kier alpha value is -2.46. The number of nitrogens with one attached hydrogen (secondary N) is 1. The third kappa shape index (κ3) is 9.40. The zero-order valence-corrected chi connectivity index (χ0v) is 31.0. The fourth-order valence-electron chi connectivity index (χ4n) is 7.64. The second kappa shape index (κ2) is 15.6. The number of rotatable bonds is 16. The number of carbonyl (C=O) groups excluding carboxylic acids is 2. The summed E-state index contributed by atoms with van der Waals surface area (Å²) in [7, 11) is 1.61. The van der Waals surface area contributed by atoms with Crippen LogP contribution in [0.25, 0.3) is 0 Å². The van der Waals surface area contributed by atoms with Crippen LogP contribution < -0.4 is 14.8 Å². The topological polar surface area (TPSA) is 107 Å². The Bertz CT molecular complexity index is 1300. The van der Waals surface area contributed by atoms with Crippen LogP contribution in [-0.2, 0) is 24.5 Å². The van der Waals surface area contributed by atoms with Crippen LogP contribution in [0.2, 0.25) is 0 Å². The minimum absolute atomic E-state index is 0.0140. The first-order chi connectivity index (χ1) is 22.5. The summed E-state index contributed by atoms with van der Waals surface area (Å²) in [6.07, 6.45) is 7.06. The molecule has 2 aliphatic carbocycles. The zero-order valence-electron chi connectivity index (χ0n) is 31.0. The monoisotopic (exact) mass is 670 g/mol. The number of allylic oxidation sites excluding steroid dienone is 1. The molecule has 9 nitrogen and oxygen atoms in total. The number of hydrogen-bond acceptors (Lipinski definition) is 8. The standard InChI is InChI=1S/C39H62N2O7/c1-27-18-19-39(44)29(3)41(25-30-15-16-30)22-20-38(39,24-27)34-28(2)14-17-31(35(34)45-9)48-33(43)13-11-10-12-32(42)40-21-23-46-37(7,8)26-47-36(4,5)6/h14,17,29-30,44H,1,10-13,15-16,18-26H2,2-9H3,(H,40,42). The average molecular weight is 671 g/mol. The first kappa shape index (κ1) is 38.3. The van der Waals surface area contributed by atoms with Gasteiger partial charge in [0.15, 0.2) is 11.5 Å². The Kier molecular flexibility index (Phi) is 12.5. The number of benzene rings is 1. The van der Waals surface area contributed by atoms with E-state index >= 15 is 0 Å². The molecule has 4 rings (SSSR count). The van der Waals surface area contributed by atoms with Gasteiger partial charge in [0.1, 0.15) is 0 Å². The molecular weight excluding hydrogens is 608 g/mol. The van der Waals surface area contributed by atoms with Crippen molar-refractivity contribution in [1.29, 1.82) is 0 Å². The number of piperidine rings is 1. The van der Waals surface area contributed by atoms with Gasteiger partial charge in [0.05, 0.1) is 37.1 Å². The summed E-state index contributed by atoms with van der Waals surface area (Å²) >= 11 is 0. The third-order valence-corrected chi connectivity index (χ3v) is 10.5. The van der Waals surface area contributed by atoms with E-state index in [2.05, 4.69) is 30.6 Å². The summed E-state index contributed by atoms with van der Waals surface area (Å²) in [5, 5.41) is 15.5. The van der Waals surface area contributed by atoms with Crippen LogP contribution in [0.1, 0.15) is 117 Å². The summed E-state index contributed by atoms with van der Waals surface area (Å²) < 4.78 is 23.7. The van der Waals surface area contributed by atoms with Gasteiger partial charge >= 0.3 is 5.97 Å². The normalized spacial score (nSPS) is 25.0. The number of carbonyl (C=O) groups is 2. The number of fused-ring (bicyclic) bond motifs is 1. The smallest absolute Gasteiger partial charge is 0.311 e. The molecule has 2 N–H and O–H groups in total. The maximum atomic E-state index is 13.0. The molecule has 0 spiro atoms. The first-order valence-corrected chi connectivity index (χ1v) is 18.1. The maximum Gasteiger partial charge on any atom is 0.311 e. The number of likely N-dealkylation sites (tertiary alicyclic amines) is 1. The summed E-state index contributed by atoms with van der Waals surface area (Å²) in [6, 6.07) is 3.75. The second-order valence-corrected chi connectivity index (χ2v) is 16.1. The molecule has 1 aromatic rings. The van der Waals surface area contributed by atoms with Gasteiger partial charge in [-0.2, -0.15) is 0 Å². The number of aryl methyl sites for hydroxylation is 1. The van der Waals surface area contributed by atoms with E-state index < -0.39 is 16.6 Å². The number of esters is 1. The average Bonchev–Trinajstić information content (AvgIpc) is 3.84. The van der Waals surface area contributed by atoms with Crippen LogP contribution in [0.5, 0.6) is 11.5 Å². The molecule has 1 amide bonds. The summed E-state index contributed by atoms with van der Waals surface area (Å²) in [6.45, 7) is 21.8. The van der Waals surface area contributed by atoms with E-state index in [1.807, 2.05) is 40.7 Å². The summed E-state index contributed by atoms with van der Waals surface area (Å²) in [4.78, 5) is 27.9. The highest BCUT2D eigenvalue weighted by atomic mass is 16.6. The van der Waals surface area contributed by atoms with Crippen molar-refractivity contribution in [3.8, 4) is 11.5 Å². The Morgan fingerprint density at radius 1 is 1.08 bits per heavy atom. The lowest BCUT2D eigenvalue weighted by Gasteiger charge is -2.61. The lowest BCUT2D eigenvalue weighted by molar-refractivity contribution is -0.147. The molecule has 3 aliphatic rings. The molecule has 3 unspecified atom stereocenters. The Labute approximate surface area is 289 Å². The van der Waals surface area contributed by atoms with Crippen molar-refractivity contribution in [2.24, 2.45) is 5.92 Å². The minimum atomic E-state index is -0.967. The molecule has 9 heteroatoms. The van der Waals surface area contributed by atoms with Gasteiger partial charge in [0, 0.05) is 43.0 Å². The Morgan fingerprint density at radius 2 is 1.79 bits per heavy atom. The van der Waals surface area contributed by atoms with Crippen LogP contribution in [0, 0.1) is 12.8 Å². The van der Waals surface area contributed by atoms with Gasteiger partial charge in [0.25, 0.3) is 0 Å². The van der Waals surface area contributed by atoms with Gasteiger partial charge in [-0.05, 0) is 124 Å². The van der Waals surface area contributed by atoms with E-state index in [1.165, 1.54) is 12.8 Å². The van der Waals surface area contributed by atoms with Gasteiger partial charge in [-0.1, -0.05) is 18.2 Å². The van der Waals surface area contributed by atoms with Gasteiger partial charge in [0.2, 0.25) is 5.91 Å². The second-order valence-electron chi connectivity index (χ2n) is 16.1. The molecule has 1 heterocycles. The van der Waals surface area contributed by atoms with E-state index in [0.29, 0.717) is 63.4 Å². The van der Waals surface area contributed by atoms with Crippen molar-refractivity contribution >= 4 is 11.9 Å². The van der Waals surface area contributed by atoms with Crippen molar-refractivity contribution in [3.05, 3.63) is 35.4 Å². The van der Waals surface area contributed by atoms with Crippen molar-refractivity contribution in [1.82, 2.24) is 10.2 Å². The van der Waals surface area contributed by atoms with E-state index in [1.54, 1.807) is 13.2 Å². The van der Waals surface area contributed by atoms with Crippen LogP contribution in [0.4, 0.5) is 0 Å². The number of unbranched alkanes of at least 4 members (excludes halogenated alkanes) is 1. The van der Waals surface area contributed by atoms with Gasteiger partial charge in [-0.15, -0.1) is 0 Å². The molecule has 2 saturated carbocycles. The number of amides is 1. The molecule has 1 aromatic carbocycles. The summed E-state index contributed by atoms with van der Waals surface area (Å²) in [5.74, 6) is 1.20. The number of nitrogens with zero attached hydrogens (tertiary/aromatic N) is 1. The minimum Gasteiger partial charge on any atom is -0.493 e. The van der Waals surface area contributed by atoms with E-state index in [4.69, 9.17) is 18.9 Å². The molecule has 3 fully saturated rings. The van der Waals surface area contributed by atoms with Crippen LogP contribution in [0.15, 0.2) is 24.3 Å². The lowest BCUT2D eigenvalue weighted by Crippen LogP contribution is -2.69. The molecule has 1 aliphatic heterocycles. The highest BCUT2D eigenvalue weighted by molar-refractivity contribution is 5.76. The van der Waals surface area contributed by atoms with Crippen molar-refractivity contribution in [2.45, 2.75) is 141 Å². The molecule has 3 atom stereocenters. The van der Waals surface area contributed by atoms with Crippen LogP contribution in [0.3, 0.4) is 0 Å². The van der Waals surface area contributed by atoms with Gasteiger partial charge < -0.3 is 29.4 Å². The number of hydrogen-bond donors (Lipinski definition) is 2. The summed E-state index contributed by atoms with van der Waals surface area (Å²) in [5.41, 5.74) is 0.844. The molecular formula is C39H62N2O7. The Morgan fingerprint density at radius 3 is 2.46 bits per heavy atom. The van der Waals surface area contributed by atoms with Gasteiger partial charge in [-0.25, -0.2) is 0 Å². The van der Waals surface area contributed by atoms with Gasteiger partial charge in [-0.3, -0.25) is 14.5 Å². The molecule has 0 bridgehead atoms. The fraction of sp³-hybridized carbons (Fsp3) is 0.744. The van der Waals surface area contributed by atoms with Crippen molar-refractivity contribution in [2.75, 3.05) is 40.0 Å². The van der Waals surface area contributed by atoms with Crippen molar-refractivity contribution < 1.29 is 33.6 Å². The molecule has 0 aromatic heterocycles. The maximum absolute atomic E-state index is 13.0. The first-order valence-electron chi connectivity index (χ1n) is 18.1. The SMILES string of the molecule is C=C1CCC2(O)C(C)N(CC3CC3)CCC2(c2c(C)ccc(OC(=O)CCCCC(=O)NCCOC(C)(C)COC(C)(C)C)c2OC)C1. The third-order valence-electron chi connectivity index (χ3n) is 10.5. The lowest BCUT2D eigenvalue weighted by atomic mass is 9.52. The molecule has 48 heavy (non-hydrogen) atoms. The zero-order chi connectivity index (χ0) is 35.3. The fourth-order valence-corrected chi connectivity index (χ4v) is 7.64. The predicted molar refractivity (Wildman–Crippen MR) is 189 cm³/mol.